The zero-order valence-corrected chi connectivity index (χ0v) is 15.0. The minimum absolute atomic E-state index is 0. The monoisotopic (exact) mass is 386 g/mol. The molecule has 4 nitrogen and oxygen atoms in total. The largest absolute Gasteiger partial charge is 0.484 e. The van der Waals surface area contributed by atoms with Crippen LogP contribution in [0.4, 0.5) is 0 Å². The van der Waals surface area contributed by atoms with Gasteiger partial charge in [0.2, 0.25) is 0 Å². The first-order valence-corrected chi connectivity index (χ1v) is 7.50. The van der Waals surface area contributed by atoms with E-state index in [4.69, 9.17) is 10.5 Å². The van der Waals surface area contributed by atoms with Crippen LogP contribution in [0.25, 0.3) is 10.8 Å². The van der Waals surface area contributed by atoms with Crippen molar-refractivity contribution >= 4 is 45.0 Å². The highest BCUT2D eigenvalue weighted by molar-refractivity contribution is 9.10. The zero-order chi connectivity index (χ0) is 15.5. The lowest BCUT2D eigenvalue weighted by Crippen LogP contribution is -2.46. The van der Waals surface area contributed by atoms with Crippen LogP contribution in [0.3, 0.4) is 0 Å². The average molecular weight is 388 g/mol. The molecule has 0 bridgehead atoms. The van der Waals surface area contributed by atoms with Gasteiger partial charge in [-0.05, 0) is 48.9 Å². The molecule has 0 aliphatic heterocycles. The number of rotatable bonds is 5. The van der Waals surface area contributed by atoms with Crippen molar-refractivity contribution in [3.8, 4) is 5.75 Å². The lowest BCUT2D eigenvalue weighted by molar-refractivity contribution is -0.123. The molecule has 0 radical (unpaired) electrons. The molecule has 120 valence electrons. The van der Waals surface area contributed by atoms with Crippen LogP contribution < -0.4 is 15.8 Å². The van der Waals surface area contributed by atoms with E-state index in [1.54, 1.807) is 0 Å². The number of halogens is 2. The van der Waals surface area contributed by atoms with Crippen molar-refractivity contribution in [3.05, 3.63) is 40.9 Å². The summed E-state index contributed by atoms with van der Waals surface area (Å²) in [6, 6.07) is 11.8. The quantitative estimate of drug-likeness (QED) is 0.827. The standard InChI is InChI=1S/C16H19BrN2O2.ClH/c1-16(2,18)10-19-15(20)9-21-14-6-4-11-7-13(17)5-3-12(11)8-14;/h3-8H,9-10,18H2,1-2H3,(H,19,20);1H. The van der Waals surface area contributed by atoms with Gasteiger partial charge in [0.15, 0.2) is 6.61 Å². The summed E-state index contributed by atoms with van der Waals surface area (Å²) in [7, 11) is 0. The molecule has 2 rings (SSSR count). The van der Waals surface area contributed by atoms with Gasteiger partial charge in [-0.1, -0.05) is 28.1 Å². The van der Waals surface area contributed by atoms with Crippen molar-refractivity contribution in [2.24, 2.45) is 5.73 Å². The third-order valence-corrected chi connectivity index (χ3v) is 3.38. The van der Waals surface area contributed by atoms with Crippen LogP contribution in [-0.2, 0) is 4.79 Å². The van der Waals surface area contributed by atoms with Crippen molar-refractivity contribution < 1.29 is 9.53 Å². The summed E-state index contributed by atoms with van der Waals surface area (Å²) in [6.07, 6.45) is 0. The fraction of sp³-hybridized carbons (Fsp3) is 0.312. The van der Waals surface area contributed by atoms with Crippen molar-refractivity contribution in [2.45, 2.75) is 19.4 Å². The SMILES string of the molecule is CC(C)(N)CNC(=O)COc1ccc2cc(Br)ccc2c1.Cl. The number of hydrogen-bond donors (Lipinski definition) is 2. The van der Waals surface area contributed by atoms with Crippen molar-refractivity contribution in [1.82, 2.24) is 5.32 Å². The van der Waals surface area contributed by atoms with E-state index in [0.29, 0.717) is 12.3 Å². The predicted octanol–water partition coefficient (Wildman–Crippen LogP) is 3.26. The Labute approximate surface area is 144 Å². The molecule has 0 saturated carbocycles. The molecular formula is C16H20BrClN2O2. The van der Waals surface area contributed by atoms with E-state index < -0.39 is 5.54 Å². The second kappa shape index (κ2) is 7.81. The summed E-state index contributed by atoms with van der Waals surface area (Å²) in [4.78, 5) is 11.7. The second-order valence-corrected chi connectivity index (χ2v) is 6.62. The molecule has 2 aromatic carbocycles. The fourth-order valence-corrected chi connectivity index (χ4v) is 2.19. The first kappa shape index (κ1) is 18.7. The molecule has 0 heterocycles. The first-order valence-electron chi connectivity index (χ1n) is 6.71. The number of carbonyl (C=O) groups excluding carboxylic acids is 1. The van der Waals surface area contributed by atoms with Gasteiger partial charge in [-0.2, -0.15) is 0 Å². The van der Waals surface area contributed by atoms with E-state index in [9.17, 15) is 4.79 Å². The number of nitrogens with two attached hydrogens (primary N) is 1. The van der Waals surface area contributed by atoms with E-state index in [0.717, 1.165) is 15.2 Å². The van der Waals surface area contributed by atoms with Gasteiger partial charge >= 0.3 is 0 Å². The Morgan fingerprint density at radius 2 is 1.86 bits per heavy atom. The van der Waals surface area contributed by atoms with Crippen molar-refractivity contribution in [3.63, 3.8) is 0 Å². The molecule has 6 heteroatoms. The number of fused-ring (bicyclic) bond motifs is 1. The molecule has 0 spiro atoms. The molecule has 1 amide bonds. The van der Waals surface area contributed by atoms with Gasteiger partial charge in [0.05, 0.1) is 0 Å². The fourth-order valence-electron chi connectivity index (χ4n) is 1.81. The van der Waals surface area contributed by atoms with Gasteiger partial charge in [-0.15, -0.1) is 12.4 Å². The number of carbonyl (C=O) groups is 1. The summed E-state index contributed by atoms with van der Waals surface area (Å²) in [5.41, 5.74) is 5.38. The van der Waals surface area contributed by atoms with E-state index in [1.807, 2.05) is 50.2 Å². The molecule has 0 aliphatic rings. The summed E-state index contributed by atoms with van der Waals surface area (Å²) in [5, 5.41) is 4.93. The maximum Gasteiger partial charge on any atom is 0.258 e. The Kier molecular flexibility index (Phi) is 6.66. The molecule has 2 aromatic rings. The molecule has 22 heavy (non-hydrogen) atoms. The van der Waals surface area contributed by atoms with Crippen LogP contribution in [0.15, 0.2) is 40.9 Å². The highest BCUT2D eigenvalue weighted by Crippen LogP contribution is 2.24. The third kappa shape index (κ3) is 5.83. The van der Waals surface area contributed by atoms with Gasteiger partial charge in [0, 0.05) is 16.6 Å². The molecule has 0 aliphatic carbocycles. The Morgan fingerprint density at radius 1 is 1.23 bits per heavy atom. The summed E-state index contributed by atoms with van der Waals surface area (Å²) < 4.78 is 6.54. The Hall–Kier alpha value is -1.30. The lowest BCUT2D eigenvalue weighted by atomic mass is 10.1. The van der Waals surface area contributed by atoms with Crippen LogP contribution in [0.2, 0.25) is 0 Å². The van der Waals surface area contributed by atoms with Gasteiger partial charge in [0.25, 0.3) is 5.91 Å². The Balaban J connectivity index is 0.00000242. The predicted molar refractivity (Wildman–Crippen MR) is 95.7 cm³/mol. The van der Waals surface area contributed by atoms with Crippen molar-refractivity contribution in [1.29, 1.82) is 0 Å². The maximum atomic E-state index is 11.7. The minimum atomic E-state index is -0.425. The number of nitrogens with one attached hydrogen (secondary N) is 1. The topological polar surface area (TPSA) is 64.3 Å². The maximum absolute atomic E-state index is 11.7. The smallest absolute Gasteiger partial charge is 0.258 e. The normalized spacial score (nSPS) is 10.9. The van der Waals surface area contributed by atoms with E-state index >= 15 is 0 Å². The highest BCUT2D eigenvalue weighted by atomic mass is 79.9. The minimum Gasteiger partial charge on any atom is -0.484 e. The number of hydrogen-bond acceptors (Lipinski definition) is 3. The number of amides is 1. The van der Waals surface area contributed by atoms with Crippen LogP contribution in [0.1, 0.15) is 13.8 Å². The molecule has 3 N–H and O–H groups in total. The Morgan fingerprint density at radius 3 is 2.55 bits per heavy atom. The lowest BCUT2D eigenvalue weighted by Gasteiger charge is -2.18. The van der Waals surface area contributed by atoms with Crippen LogP contribution in [-0.4, -0.2) is 24.6 Å². The van der Waals surface area contributed by atoms with E-state index in [1.165, 1.54) is 0 Å². The summed E-state index contributed by atoms with van der Waals surface area (Å²) in [5.74, 6) is 0.497. The van der Waals surface area contributed by atoms with Crippen LogP contribution in [0.5, 0.6) is 5.75 Å². The average Bonchev–Trinajstić information content (AvgIpc) is 2.42. The van der Waals surface area contributed by atoms with Crippen LogP contribution >= 0.6 is 28.3 Å². The van der Waals surface area contributed by atoms with Gasteiger partial charge in [0.1, 0.15) is 5.75 Å². The summed E-state index contributed by atoms with van der Waals surface area (Å²) in [6.45, 7) is 4.12. The van der Waals surface area contributed by atoms with Crippen molar-refractivity contribution in [2.75, 3.05) is 13.2 Å². The number of benzene rings is 2. The first-order chi connectivity index (χ1) is 9.83. The third-order valence-electron chi connectivity index (χ3n) is 2.88. The Bertz CT molecular complexity index is 656. The van der Waals surface area contributed by atoms with Crippen LogP contribution in [0, 0.1) is 0 Å². The zero-order valence-electron chi connectivity index (χ0n) is 12.6. The second-order valence-electron chi connectivity index (χ2n) is 5.71. The molecule has 0 atom stereocenters. The van der Waals surface area contributed by atoms with Gasteiger partial charge < -0.3 is 15.8 Å². The molecule has 0 aromatic heterocycles. The van der Waals surface area contributed by atoms with Gasteiger partial charge in [-0.3, -0.25) is 4.79 Å². The number of ether oxygens (including phenoxy) is 1. The molecule has 0 unspecified atom stereocenters. The van der Waals surface area contributed by atoms with E-state index in [2.05, 4.69) is 21.2 Å². The molecule has 0 fully saturated rings. The highest BCUT2D eigenvalue weighted by Gasteiger charge is 2.12. The summed E-state index contributed by atoms with van der Waals surface area (Å²) >= 11 is 3.44. The van der Waals surface area contributed by atoms with E-state index in [-0.39, 0.29) is 24.9 Å². The molecule has 0 saturated heterocycles. The van der Waals surface area contributed by atoms with Gasteiger partial charge in [-0.25, -0.2) is 0 Å². The molecular weight excluding hydrogens is 368 g/mol.